The molecule has 1 aromatic heterocycles. The topological polar surface area (TPSA) is 118 Å². The molecular formula is C10H17N5O3. The van der Waals surface area contributed by atoms with Crippen LogP contribution in [-0.4, -0.2) is 38.7 Å². The van der Waals surface area contributed by atoms with Gasteiger partial charge in [0.15, 0.2) is 0 Å². The summed E-state index contributed by atoms with van der Waals surface area (Å²) >= 11 is 0. The predicted molar refractivity (Wildman–Crippen MR) is 67.3 cm³/mol. The van der Waals surface area contributed by atoms with Gasteiger partial charge in [0.05, 0.1) is 10.5 Å². The highest BCUT2D eigenvalue weighted by atomic mass is 16.6. The fraction of sp³-hybridized carbons (Fsp3) is 0.600. The average Bonchev–Trinajstić information content (AvgIpc) is 2.23. The van der Waals surface area contributed by atoms with E-state index in [1.165, 1.54) is 6.33 Å². The number of nitrogens with zero attached hydrogens (tertiary/aromatic N) is 4. The number of aromatic nitrogens is 2. The van der Waals surface area contributed by atoms with Crippen molar-refractivity contribution >= 4 is 17.3 Å². The minimum atomic E-state index is -0.996. The Balaban J connectivity index is 3.21. The van der Waals surface area contributed by atoms with Crippen LogP contribution in [0.4, 0.5) is 17.3 Å². The molecule has 0 fully saturated rings. The highest BCUT2D eigenvalue weighted by molar-refractivity contribution is 5.68. The fourth-order valence-electron chi connectivity index (χ4n) is 1.59. The van der Waals surface area contributed by atoms with Gasteiger partial charge in [-0.2, -0.15) is 0 Å². The van der Waals surface area contributed by atoms with E-state index in [2.05, 4.69) is 9.97 Å². The Morgan fingerprint density at radius 1 is 1.56 bits per heavy atom. The molecule has 0 amide bonds. The van der Waals surface area contributed by atoms with Gasteiger partial charge in [0.1, 0.15) is 6.33 Å². The molecule has 1 rings (SSSR count). The van der Waals surface area contributed by atoms with Crippen molar-refractivity contribution in [3.8, 4) is 0 Å². The van der Waals surface area contributed by atoms with Crippen molar-refractivity contribution in [2.75, 3.05) is 23.7 Å². The summed E-state index contributed by atoms with van der Waals surface area (Å²) in [6.07, 6.45) is 1.17. The van der Waals surface area contributed by atoms with Crippen LogP contribution in [0.15, 0.2) is 6.33 Å². The Hall–Kier alpha value is -1.96. The van der Waals surface area contributed by atoms with Crippen LogP contribution < -0.4 is 10.6 Å². The molecule has 8 nitrogen and oxygen atoms in total. The minimum absolute atomic E-state index is 0.122. The van der Waals surface area contributed by atoms with Crippen molar-refractivity contribution in [3.63, 3.8) is 0 Å². The van der Waals surface area contributed by atoms with Gasteiger partial charge in [-0.25, -0.2) is 9.97 Å². The van der Waals surface area contributed by atoms with Gasteiger partial charge in [-0.3, -0.25) is 10.1 Å². The second-order valence-corrected chi connectivity index (χ2v) is 4.51. The SMILES string of the molecule is CCN(CC(C)(C)O)c1ncnc(N)c1[N+](=O)[O-]. The van der Waals surface area contributed by atoms with Gasteiger partial charge >= 0.3 is 5.69 Å². The molecule has 0 saturated heterocycles. The van der Waals surface area contributed by atoms with Crippen molar-refractivity contribution in [2.24, 2.45) is 0 Å². The standard InChI is InChI=1S/C10H17N5O3/c1-4-14(5-10(2,3)16)9-7(15(17)18)8(11)12-6-13-9/h6,16H,4-5H2,1-3H3,(H2,11,12,13). The van der Waals surface area contributed by atoms with Crippen molar-refractivity contribution in [3.05, 3.63) is 16.4 Å². The van der Waals surface area contributed by atoms with E-state index in [1.807, 2.05) is 6.92 Å². The van der Waals surface area contributed by atoms with Gasteiger partial charge in [0, 0.05) is 13.1 Å². The number of anilines is 2. The zero-order valence-corrected chi connectivity index (χ0v) is 10.6. The van der Waals surface area contributed by atoms with Crippen molar-refractivity contribution in [2.45, 2.75) is 26.4 Å². The van der Waals surface area contributed by atoms with E-state index in [4.69, 9.17) is 5.73 Å². The second kappa shape index (κ2) is 5.13. The molecule has 0 aromatic carbocycles. The first-order valence-corrected chi connectivity index (χ1v) is 5.48. The van der Waals surface area contributed by atoms with E-state index in [0.29, 0.717) is 6.54 Å². The van der Waals surface area contributed by atoms with Gasteiger partial charge in [0.2, 0.25) is 11.6 Å². The van der Waals surface area contributed by atoms with Gasteiger partial charge in [-0.1, -0.05) is 0 Å². The molecule has 3 N–H and O–H groups in total. The smallest absolute Gasteiger partial charge is 0.353 e. The number of likely N-dealkylation sites (N-methyl/N-ethyl adjacent to an activating group) is 1. The van der Waals surface area contributed by atoms with Crippen LogP contribution in [0.25, 0.3) is 0 Å². The van der Waals surface area contributed by atoms with Gasteiger partial charge in [-0.05, 0) is 20.8 Å². The maximum atomic E-state index is 11.0. The molecule has 0 aliphatic rings. The Labute approximate surface area is 105 Å². The predicted octanol–water partition coefficient (Wildman–Crippen LogP) is 0.564. The molecule has 0 unspecified atom stereocenters. The number of nitrogen functional groups attached to an aromatic ring is 1. The third kappa shape index (κ3) is 3.27. The third-order valence-electron chi connectivity index (χ3n) is 2.27. The Bertz CT molecular complexity index is 444. The summed E-state index contributed by atoms with van der Waals surface area (Å²) in [6, 6.07) is 0. The van der Waals surface area contributed by atoms with E-state index in [9.17, 15) is 15.2 Å². The Morgan fingerprint density at radius 3 is 2.61 bits per heavy atom. The lowest BCUT2D eigenvalue weighted by Gasteiger charge is -2.28. The normalized spacial score (nSPS) is 11.3. The summed E-state index contributed by atoms with van der Waals surface area (Å²) in [4.78, 5) is 19.5. The number of rotatable bonds is 5. The van der Waals surface area contributed by atoms with Crippen LogP contribution in [0.5, 0.6) is 0 Å². The van der Waals surface area contributed by atoms with Gasteiger partial charge < -0.3 is 15.7 Å². The molecule has 18 heavy (non-hydrogen) atoms. The number of nitro groups is 1. The average molecular weight is 255 g/mol. The van der Waals surface area contributed by atoms with E-state index in [-0.39, 0.29) is 23.9 Å². The van der Waals surface area contributed by atoms with Crippen LogP contribution in [0.1, 0.15) is 20.8 Å². The summed E-state index contributed by atoms with van der Waals surface area (Å²) < 4.78 is 0. The number of hydrogen-bond donors (Lipinski definition) is 2. The van der Waals surface area contributed by atoms with Crippen LogP contribution in [-0.2, 0) is 0 Å². The van der Waals surface area contributed by atoms with Crippen LogP contribution >= 0.6 is 0 Å². The van der Waals surface area contributed by atoms with E-state index in [0.717, 1.165) is 0 Å². The first-order chi connectivity index (χ1) is 8.26. The lowest BCUT2D eigenvalue weighted by atomic mass is 10.1. The highest BCUT2D eigenvalue weighted by Gasteiger charge is 2.27. The molecule has 0 spiro atoms. The molecule has 0 radical (unpaired) electrons. The van der Waals surface area contributed by atoms with E-state index < -0.39 is 10.5 Å². The lowest BCUT2D eigenvalue weighted by molar-refractivity contribution is -0.383. The van der Waals surface area contributed by atoms with E-state index in [1.54, 1.807) is 18.7 Å². The molecule has 1 heterocycles. The van der Waals surface area contributed by atoms with Crippen molar-refractivity contribution in [1.82, 2.24) is 9.97 Å². The molecule has 8 heteroatoms. The zero-order valence-electron chi connectivity index (χ0n) is 10.6. The minimum Gasteiger partial charge on any atom is -0.389 e. The maximum absolute atomic E-state index is 11.0. The van der Waals surface area contributed by atoms with Crippen LogP contribution in [0.2, 0.25) is 0 Å². The van der Waals surface area contributed by atoms with E-state index >= 15 is 0 Å². The molecule has 1 aromatic rings. The number of hydrogen-bond acceptors (Lipinski definition) is 7. The third-order valence-corrected chi connectivity index (χ3v) is 2.27. The Morgan fingerprint density at radius 2 is 2.17 bits per heavy atom. The molecule has 0 aliphatic carbocycles. The largest absolute Gasteiger partial charge is 0.389 e. The molecule has 0 atom stereocenters. The van der Waals surface area contributed by atoms with Crippen molar-refractivity contribution < 1.29 is 10.0 Å². The fourth-order valence-corrected chi connectivity index (χ4v) is 1.59. The summed E-state index contributed by atoms with van der Waals surface area (Å²) in [6.45, 7) is 5.72. The summed E-state index contributed by atoms with van der Waals surface area (Å²) in [5, 5.41) is 20.8. The number of aliphatic hydroxyl groups is 1. The zero-order chi connectivity index (χ0) is 13.9. The first kappa shape index (κ1) is 14.1. The highest BCUT2D eigenvalue weighted by Crippen LogP contribution is 2.30. The first-order valence-electron chi connectivity index (χ1n) is 5.48. The Kier molecular flexibility index (Phi) is 4.02. The summed E-state index contributed by atoms with van der Waals surface area (Å²) in [5.41, 5.74) is 4.17. The van der Waals surface area contributed by atoms with Crippen LogP contribution in [0, 0.1) is 10.1 Å². The van der Waals surface area contributed by atoms with Crippen LogP contribution in [0.3, 0.4) is 0 Å². The molecule has 0 aliphatic heterocycles. The van der Waals surface area contributed by atoms with Gasteiger partial charge in [0.25, 0.3) is 0 Å². The summed E-state index contributed by atoms with van der Waals surface area (Å²) in [7, 11) is 0. The lowest BCUT2D eigenvalue weighted by Crippen LogP contribution is -2.39. The van der Waals surface area contributed by atoms with Crippen molar-refractivity contribution in [1.29, 1.82) is 0 Å². The maximum Gasteiger partial charge on any atom is 0.353 e. The quantitative estimate of drug-likeness (QED) is 0.583. The molecular weight excluding hydrogens is 238 g/mol. The monoisotopic (exact) mass is 255 g/mol. The van der Waals surface area contributed by atoms with Gasteiger partial charge in [-0.15, -0.1) is 0 Å². The molecule has 0 bridgehead atoms. The molecule has 0 saturated carbocycles. The molecule has 100 valence electrons. The number of nitrogens with two attached hydrogens (primary N) is 1. The second-order valence-electron chi connectivity index (χ2n) is 4.51. The summed E-state index contributed by atoms with van der Waals surface area (Å²) in [5.74, 6) is -0.0590.